The van der Waals surface area contributed by atoms with Crippen LogP contribution in [0, 0.1) is 0 Å². The van der Waals surface area contributed by atoms with Crippen molar-refractivity contribution in [1.29, 1.82) is 0 Å². The van der Waals surface area contributed by atoms with Crippen LogP contribution in [0.15, 0.2) is 77.6 Å². The Hall–Kier alpha value is -3.03. The third-order valence-corrected chi connectivity index (χ3v) is 5.50. The van der Waals surface area contributed by atoms with Crippen LogP contribution in [0.5, 0.6) is 0 Å². The van der Waals surface area contributed by atoms with Gasteiger partial charge in [0.1, 0.15) is 6.33 Å². The summed E-state index contributed by atoms with van der Waals surface area (Å²) in [6.07, 6.45) is 1.87. The molecule has 2 N–H and O–H groups in total. The van der Waals surface area contributed by atoms with Gasteiger partial charge in [0.2, 0.25) is 0 Å². The zero-order chi connectivity index (χ0) is 18.8. The molecule has 0 saturated heterocycles. The Kier molecular flexibility index (Phi) is 4.70. The first-order chi connectivity index (χ1) is 13.2. The van der Waals surface area contributed by atoms with E-state index in [1.54, 1.807) is 11.3 Å². The molecule has 136 valence electrons. The van der Waals surface area contributed by atoms with Crippen molar-refractivity contribution >= 4 is 21.4 Å². The molecule has 7 heteroatoms. The number of thiophene rings is 1. The molecule has 27 heavy (non-hydrogen) atoms. The van der Waals surface area contributed by atoms with Crippen molar-refractivity contribution in [1.82, 2.24) is 14.3 Å². The number of nitrogens with two attached hydrogens (primary N) is 1. The summed E-state index contributed by atoms with van der Waals surface area (Å²) in [7, 11) is 0. The Balaban J connectivity index is 1.71. The molecule has 2 aromatic heterocycles. The third-order valence-electron chi connectivity index (χ3n) is 4.34. The molecule has 0 atom stereocenters. The molecule has 4 aromatic rings. The first-order valence-electron chi connectivity index (χ1n) is 8.41. The summed E-state index contributed by atoms with van der Waals surface area (Å²) in [5, 5.41) is 5.27. The van der Waals surface area contributed by atoms with Gasteiger partial charge in [-0.2, -0.15) is 5.10 Å². The second-order valence-corrected chi connectivity index (χ2v) is 7.20. The summed E-state index contributed by atoms with van der Waals surface area (Å²) < 4.78 is 16.6. The van der Waals surface area contributed by atoms with E-state index in [1.807, 2.05) is 36.4 Å². The lowest BCUT2D eigenvalue weighted by molar-refractivity contribution is 0.612. The van der Waals surface area contributed by atoms with Gasteiger partial charge in [-0.25, -0.2) is 18.4 Å². The lowest BCUT2D eigenvalue weighted by atomic mass is 10.1. The predicted octanol–water partition coefficient (Wildman–Crippen LogP) is 3.73. The lowest BCUT2D eigenvalue weighted by Gasteiger charge is -2.04. The van der Waals surface area contributed by atoms with Gasteiger partial charge in [-0.05, 0) is 40.8 Å². The number of benzene rings is 2. The summed E-state index contributed by atoms with van der Waals surface area (Å²) in [6, 6.07) is 18.1. The number of nitrogens with zero attached hydrogens (tertiary/aromatic N) is 3. The van der Waals surface area contributed by atoms with Crippen molar-refractivity contribution in [2.24, 2.45) is 5.73 Å². The van der Waals surface area contributed by atoms with Crippen LogP contribution in [0.1, 0.15) is 0 Å². The summed E-state index contributed by atoms with van der Waals surface area (Å²) >= 11 is 1.71. The van der Waals surface area contributed by atoms with Gasteiger partial charge >= 0.3 is 5.69 Å². The van der Waals surface area contributed by atoms with Crippen LogP contribution >= 0.6 is 11.3 Å². The van der Waals surface area contributed by atoms with E-state index in [1.165, 1.54) is 25.7 Å². The lowest BCUT2D eigenvalue weighted by Crippen LogP contribution is -2.25. The number of rotatable bonds is 5. The normalized spacial score (nSPS) is 12.0. The van der Waals surface area contributed by atoms with Crippen LogP contribution in [0.2, 0.25) is 0 Å². The molecule has 0 spiro atoms. The molecule has 2 aromatic carbocycles. The Bertz CT molecular complexity index is 1150. The Morgan fingerprint density at radius 3 is 2.81 bits per heavy atom. The standard InChI is InChI=1S/C20H17FN4OS/c21-10-14(11-22)12-25-20(26)24(13-23-25)17-6-3-5-15(8-17)19-9-16-4-1-2-7-18(16)27-19/h1-10,13H,11-12,22H2/b14-10+. The zero-order valence-electron chi connectivity index (χ0n) is 14.4. The van der Waals surface area contributed by atoms with E-state index in [0.717, 1.165) is 10.4 Å². The topological polar surface area (TPSA) is 65.8 Å². The molecule has 2 heterocycles. The molecule has 0 fully saturated rings. The van der Waals surface area contributed by atoms with Crippen molar-refractivity contribution < 1.29 is 4.39 Å². The van der Waals surface area contributed by atoms with Gasteiger partial charge in [-0.1, -0.05) is 30.3 Å². The minimum Gasteiger partial charge on any atom is -0.327 e. The molecule has 0 saturated carbocycles. The summed E-state index contributed by atoms with van der Waals surface area (Å²) in [4.78, 5) is 13.7. The van der Waals surface area contributed by atoms with Crippen molar-refractivity contribution in [2.45, 2.75) is 6.54 Å². The maximum Gasteiger partial charge on any atom is 0.350 e. The molecule has 0 aliphatic carbocycles. The average molecular weight is 380 g/mol. The molecule has 0 unspecified atom stereocenters. The number of aromatic nitrogens is 3. The Labute approximate surface area is 158 Å². The van der Waals surface area contributed by atoms with Crippen LogP contribution < -0.4 is 11.4 Å². The molecule has 0 amide bonds. The second kappa shape index (κ2) is 7.30. The maximum atomic E-state index is 12.7. The highest BCUT2D eigenvalue weighted by molar-refractivity contribution is 7.22. The van der Waals surface area contributed by atoms with Gasteiger partial charge in [0.05, 0.1) is 18.6 Å². The first kappa shape index (κ1) is 17.4. The van der Waals surface area contributed by atoms with Gasteiger partial charge in [0.15, 0.2) is 0 Å². The monoisotopic (exact) mass is 380 g/mol. The van der Waals surface area contributed by atoms with Gasteiger partial charge in [0.25, 0.3) is 0 Å². The largest absolute Gasteiger partial charge is 0.350 e. The summed E-state index contributed by atoms with van der Waals surface area (Å²) in [5.41, 5.74) is 7.16. The van der Waals surface area contributed by atoms with Gasteiger partial charge in [-0.15, -0.1) is 11.3 Å². The van der Waals surface area contributed by atoms with Crippen LogP contribution in [0.4, 0.5) is 4.39 Å². The second-order valence-electron chi connectivity index (χ2n) is 6.11. The van der Waals surface area contributed by atoms with E-state index in [-0.39, 0.29) is 18.8 Å². The molecule has 0 aliphatic heterocycles. The molecule has 0 bridgehead atoms. The van der Waals surface area contributed by atoms with Gasteiger partial charge in [-0.3, -0.25) is 0 Å². The minimum atomic E-state index is -0.337. The van der Waals surface area contributed by atoms with Crippen LogP contribution in [0.25, 0.3) is 26.2 Å². The summed E-state index contributed by atoms with van der Waals surface area (Å²) in [5.74, 6) is 0. The average Bonchev–Trinajstić information content (AvgIpc) is 3.30. The fourth-order valence-electron chi connectivity index (χ4n) is 2.89. The van der Waals surface area contributed by atoms with Crippen LogP contribution in [-0.4, -0.2) is 20.9 Å². The van der Waals surface area contributed by atoms with E-state index in [9.17, 15) is 9.18 Å². The zero-order valence-corrected chi connectivity index (χ0v) is 15.2. The smallest absolute Gasteiger partial charge is 0.327 e. The van der Waals surface area contributed by atoms with Crippen LogP contribution in [-0.2, 0) is 6.54 Å². The molecule has 0 aliphatic rings. The van der Waals surface area contributed by atoms with Crippen LogP contribution in [0.3, 0.4) is 0 Å². The molecular formula is C20H17FN4OS. The van der Waals surface area contributed by atoms with Gasteiger partial charge < -0.3 is 5.73 Å². The minimum absolute atomic E-state index is 0.0365. The van der Waals surface area contributed by atoms with E-state index >= 15 is 0 Å². The molecule has 5 nitrogen and oxygen atoms in total. The first-order valence-corrected chi connectivity index (χ1v) is 9.23. The quantitative estimate of drug-likeness (QED) is 0.574. The van der Waals surface area contributed by atoms with Crippen molar-refractivity contribution in [3.63, 3.8) is 0 Å². The third kappa shape index (κ3) is 3.34. The number of fused-ring (bicyclic) bond motifs is 1. The predicted molar refractivity (Wildman–Crippen MR) is 107 cm³/mol. The van der Waals surface area contributed by atoms with Crippen molar-refractivity contribution in [3.8, 4) is 16.1 Å². The summed E-state index contributed by atoms with van der Waals surface area (Å²) in [6.45, 7) is 0.0755. The van der Waals surface area contributed by atoms with Crippen molar-refractivity contribution in [3.05, 3.63) is 83.3 Å². The highest BCUT2D eigenvalue weighted by Gasteiger charge is 2.10. The van der Waals surface area contributed by atoms with Gasteiger partial charge in [0, 0.05) is 16.1 Å². The van der Waals surface area contributed by atoms with Crippen molar-refractivity contribution in [2.75, 3.05) is 6.54 Å². The van der Waals surface area contributed by atoms with E-state index in [0.29, 0.717) is 17.6 Å². The highest BCUT2D eigenvalue weighted by Crippen LogP contribution is 2.33. The molecular weight excluding hydrogens is 363 g/mol. The van der Waals surface area contributed by atoms with E-state index < -0.39 is 0 Å². The Morgan fingerprint density at radius 1 is 1.19 bits per heavy atom. The fourth-order valence-corrected chi connectivity index (χ4v) is 3.95. The molecule has 4 rings (SSSR count). The number of hydrogen-bond donors (Lipinski definition) is 1. The fraction of sp³-hybridized carbons (Fsp3) is 0.100. The highest BCUT2D eigenvalue weighted by atomic mass is 32.1. The van der Waals surface area contributed by atoms with E-state index in [4.69, 9.17) is 5.73 Å². The molecule has 0 radical (unpaired) electrons. The number of hydrogen-bond acceptors (Lipinski definition) is 4. The SMILES string of the molecule is NC/C(=C\F)Cn1ncn(-c2cccc(-c3cc4ccccc4s3)c2)c1=O. The number of halogens is 1. The van der Waals surface area contributed by atoms with E-state index in [2.05, 4.69) is 23.3 Å². The maximum absolute atomic E-state index is 12.7. The Morgan fingerprint density at radius 2 is 2.04 bits per heavy atom.